The smallest absolute Gasteiger partial charge is 0.454 e. The van der Waals surface area contributed by atoms with E-state index in [1.165, 1.54) is 52.7 Å². The fourth-order valence-corrected chi connectivity index (χ4v) is 9.26. The van der Waals surface area contributed by atoms with E-state index >= 15 is 0 Å². The number of carbonyl (C=O) groups is 3. The summed E-state index contributed by atoms with van der Waals surface area (Å²) in [5.74, 6) is 0.550. The number of nitrogens with zero attached hydrogens (tertiary/aromatic N) is 2. The number of aromatic nitrogens is 1. The monoisotopic (exact) mass is 1120 g/mol. The van der Waals surface area contributed by atoms with Gasteiger partial charge in [-0.15, -0.1) is 0 Å². The van der Waals surface area contributed by atoms with Crippen molar-refractivity contribution in [2.24, 2.45) is 0 Å². The predicted octanol–water partition coefficient (Wildman–Crippen LogP) is 9.48. The molecule has 0 saturated heterocycles. The number of hydrogen-bond acceptors (Lipinski definition) is 14. The summed E-state index contributed by atoms with van der Waals surface area (Å²) >= 11 is 0. The molecule has 0 spiro atoms. The summed E-state index contributed by atoms with van der Waals surface area (Å²) in [6, 6.07) is 31.4. The third-order valence-electron chi connectivity index (χ3n) is 13.5. The highest BCUT2D eigenvalue weighted by molar-refractivity contribution is 6.41. The fraction of sp³-hybridized carbons (Fsp3) is 0.270. The number of likely N-dealkylation sites (N-methyl/N-ethyl adjacent to an activating group) is 1. The van der Waals surface area contributed by atoms with E-state index in [9.17, 15) is 23.2 Å². The Morgan fingerprint density at radius 1 is 0.610 bits per heavy atom. The molecule has 0 aliphatic heterocycles. The number of benzene rings is 5. The lowest BCUT2D eigenvalue weighted by Gasteiger charge is -2.16. The highest BCUT2D eigenvalue weighted by Gasteiger charge is 2.29. The van der Waals surface area contributed by atoms with Crippen LogP contribution >= 0.6 is 0 Å². The maximum Gasteiger partial charge on any atom is 0.454 e. The number of halogens is 2. The van der Waals surface area contributed by atoms with Crippen LogP contribution in [-0.2, 0) is 32.2 Å². The molecule has 5 aromatic carbocycles. The van der Waals surface area contributed by atoms with Crippen LogP contribution in [0, 0.1) is 11.6 Å². The molecule has 0 unspecified atom stereocenters. The van der Waals surface area contributed by atoms with Crippen LogP contribution in [0.25, 0.3) is 34.4 Å². The first-order valence-electron chi connectivity index (χ1n) is 26.4. The Balaban J connectivity index is 0.000000237. The number of esters is 1. The molecule has 2 amide bonds. The van der Waals surface area contributed by atoms with E-state index in [0.29, 0.717) is 59.5 Å². The normalized spacial score (nSPS) is 13.3. The van der Waals surface area contributed by atoms with Crippen molar-refractivity contribution < 1.29 is 66.4 Å². The maximum atomic E-state index is 14.4. The Hall–Kier alpha value is -8.78. The first-order valence-corrected chi connectivity index (χ1v) is 26.4. The molecule has 2 aliphatic rings. The van der Waals surface area contributed by atoms with Crippen LogP contribution in [0.5, 0.6) is 34.5 Å². The van der Waals surface area contributed by atoms with Gasteiger partial charge >= 0.3 is 13.1 Å². The number of rotatable bonds is 24. The van der Waals surface area contributed by atoms with Gasteiger partial charge in [-0.2, -0.15) is 0 Å². The van der Waals surface area contributed by atoms with Crippen LogP contribution in [0.3, 0.4) is 0 Å². The van der Waals surface area contributed by atoms with Gasteiger partial charge in [0, 0.05) is 25.6 Å². The summed E-state index contributed by atoms with van der Waals surface area (Å²) in [4.78, 5) is 44.1. The largest absolute Gasteiger partial charge is 0.493 e. The zero-order valence-corrected chi connectivity index (χ0v) is 47.2. The number of allylic oxidation sites excluding steroid dienone is 4. The average molecular weight is 1120 g/mol. The Labute approximate surface area is 476 Å². The Kier molecular flexibility index (Phi) is 21.6. The van der Waals surface area contributed by atoms with E-state index in [1.54, 1.807) is 42.6 Å². The van der Waals surface area contributed by atoms with Gasteiger partial charge in [-0.05, 0) is 173 Å². The van der Waals surface area contributed by atoms with E-state index in [2.05, 4.69) is 15.6 Å². The summed E-state index contributed by atoms with van der Waals surface area (Å²) in [5.41, 5.74) is 11.1. The molecule has 0 saturated carbocycles. The van der Waals surface area contributed by atoms with Crippen LogP contribution < -0.4 is 39.1 Å². The molecule has 6 aromatic rings. The van der Waals surface area contributed by atoms with Gasteiger partial charge in [-0.1, -0.05) is 48.5 Å². The highest BCUT2D eigenvalue weighted by atomic mass is 19.1. The summed E-state index contributed by atoms with van der Waals surface area (Å²) in [6.07, 6.45) is 5.75. The number of amides is 2. The SMILES string of the molecule is COc1cc(/C=C2/C(C)=C(CC(=O)NCc3ccccc3)c3cc(F)ccc32)cc(OC)c1OCC(=O)OCCN(C)C.COc1cc(/C=C2/C(C)=C(CC(=O)NCc3ccccn3)c3cc(F)ccc32)cc(OC)c1OCCB(O)O. The van der Waals surface area contributed by atoms with Crippen molar-refractivity contribution in [1.82, 2.24) is 20.5 Å². The van der Waals surface area contributed by atoms with Crippen LogP contribution in [0.1, 0.15) is 71.3 Å². The quantitative estimate of drug-likeness (QED) is 0.0330. The van der Waals surface area contributed by atoms with Crippen molar-refractivity contribution in [2.75, 3.05) is 68.9 Å². The Bertz CT molecular complexity index is 3330. The van der Waals surface area contributed by atoms with Crippen molar-refractivity contribution >= 4 is 59.3 Å². The van der Waals surface area contributed by atoms with Gasteiger partial charge in [0.1, 0.15) is 18.2 Å². The molecule has 2 aliphatic carbocycles. The van der Waals surface area contributed by atoms with E-state index < -0.39 is 13.1 Å². The third kappa shape index (κ3) is 16.0. The van der Waals surface area contributed by atoms with Gasteiger partial charge < -0.3 is 58.7 Å². The standard InChI is InChI=1S/C34H37FN2O6.C29H30BFN2O6/c1-22-27(15-24-16-30(40-4)34(31(17-24)41-5)43-21-33(39)42-14-13-37(2)3)26-12-11-25(35)18-29(26)28(22)19-32(38)36-20-23-9-7-6-8-10-23;1-18-23(12-19-13-26(37-2)29(27(14-19)38-3)39-11-9-30(35)36)22-8-7-20(31)15-25(22)24(18)16-28(34)33-17-21-6-4-5-10-32-21/h6-12,15-18H,13-14,19-21H2,1-5H3,(H,36,38);4-8,10,12-15,35-36H,9,11,16-17H2,1-3H3,(H,33,34)/b27-15-;23-12-. The van der Waals surface area contributed by atoms with E-state index in [0.717, 1.165) is 66.9 Å². The second kappa shape index (κ2) is 29.1. The van der Waals surface area contributed by atoms with Crippen LogP contribution in [0.2, 0.25) is 6.32 Å². The van der Waals surface area contributed by atoms with Gasteiger partial charge in [0.05, 0.1) is 60.1 Å². The summed E-state index contributed by atoms with van der Waals surface area (Å²) in [5, 5.41) is 24.1. The number of pyridine rings is 1. The lowest BCUT2D eigenvalue weighted by atomic mass is 9.87. The number of carbonyl (C=O) groups excluding carboxylic acids is 3. The topological polar surface area (TPSA) is 196 Å². The fourth-order valence-electron chi connectivity index (χ4n) is 9.26. The summed E-state index contributed by atoms with van der Waals surface area (Å²) < 4.78 is 67.5. The molecule has 82 heavy (non-hydrogen) atoms. The number of nitrogens with one attached hydrogen (secondary N) is 2. The number of fused-ring (bicyclic) bond motifs is 2. The lowest BCUT2D eigenvalue weighted by Crippen LogP contribution is -2.23. The number of hydrogen-bond donors (Lipinski definition) is 4. The van der Waals surface area contributed by atoms with E-state index in [-0.39, 0.29) is 68.2 Å². The number of methoxy groups -OCH3 is 4. The van der Waals surface area contributed by atoms with Gasteiger partial charge in [-0.3, -0.25) is 14.6 Å². The molecule has 8 rings (SSSR count). The zero-order valence-electron chi connectivity index (χ0n) is 47.2. The third-order valence-corrected chi connectivity index (χ3v) is 13.5. The Morgan fingerprint density at radius 2 is 1.10 bits per heavy atom. The van der Waals surface area contributed by atoms with Crippen molar-refractivity contribution in [3.05, 3.63) is 183 Å². The highest BCUT2D eigenvalue weighted by Crippen LogP contribution is 2.47. The van der Waals surface area contributed by atoms with Crippen LogP contribution in [-0.4, -0.2) is 114 Å². The molecular formula is C63H67BF2N4O12. The van der Waals surface area contributed by atoms with E-state index in [4.69, 9.17) is 43.2 Å². The molecule has 19 heteroatoms. The van der Waals surface area contributed by atoms with Crippen molar-refractivity contribution in [1.29, 1.82) is 0 Å². The van der Waals surface area contributed by atoms with Crippen molar-refractivity contribution in [3.63, 3.8) is 0 Å². The second-order valence-electron chi connectivity index (χ2n) is 19.4. The van der Waals surface area contributed by atoms with Gasteiger partial charge in [0.15, 0.2) is 29.6 Å². The average Bonchev–Trinajstić information content (AvgIpc) is 4.12. The van der Waals surface area contributed by atoms with E-state index in [1.807, 2.05) is 93.5 Å². The molecule has 16 nitrogen and oxygen atoms in total. The summed E-state index contributed by atoms with van der Waals surface area (Å²) in [7, 11) is 8.29. The van der Waals surface area contributed by atoms with Crippen molar-refractivity contribution in [3.8, 4) is 34.5 Å². The molecule has 1 aromatic heterocycles. The first-order chi connectivity index (χ1) is 39.5. The Morgan fingerprint density at radius 3 is 1.56 bits per heavy atom. The van der Waals surface area contributed by atoms with Crippen LogP contribution in [0.15, 0.2) is 127 Å². The lowest BCUT2D eigenvalue weighted by molar-refractivity contribution is -0.146. The second-order valence-corrected chi connectivity index (χ2v) is 19.4. The number of ether oxygens (including phenoxy) is 7. The molecule has 0 fully saturated rings. The minimum atomic E-state index is -1.49. The maximum absolute atomic E-state index is 14.4. The molecular weight excluding hydrogens is 1050 g/mol. The zero-order chi connectivity index (χ0) is 58.9. The first kappa shape index (κ1) is 60.9. The van der Waals surface area contributed by atoms with Crippen molar-refractivity contribution in [2.45, 2.75) is 46.1 Å². The predicted molar refractivity (Wildman–Crippen MR) is 312 cm³/mol. The molecule has 4 N–H and O–H groups in total. The molecule has 428 valence electrons. The van der Waals surface area contributed by atoms with Gasteiger partial charge in [0.2, 0.25) is 23.3 Å². The van der Waals surface area contributed by atoms with Gasteiger partial charge in [0.25, 0.3) is 0 Å². The van der Waals surface area contributed by atoms with Crippen LogP contribution in [0.4, 0.5) is 8.78 Å². The molecule has 1 heterocycles. The molecule has 0 atom stereocenters. The summed E-state index contributed by atoms with van der Waals surface area (Å²) in [6.45, 7) is 5.15. The minimum Gasteiger partial charge on any atom is -0.493 e. The minimum absolute atomic E-state index is 0.0215. The molecule has 0 radical (unpaired) electrons. The molecule has 0 bridgehead atoms. The van der Waals surface area contributed by atoms with Gasteiger partial charge in [-0.25, -0.2) is 13.6 Å².